The number of esters is 1. The number of rotatable bonds is 5. The van der Waals surface area contributed by atoms with Gasteiger partial charge in [-0.25, -0.2) is 0 Å². The van der Waals surface area contributed by atoms with E-state index in [1.807, 2.05) is 36.4 Å². The van der Waals surface area contributed by atoms with Crippen LogP contribution < -0.4 is 0 Å². The first kappa shape index (κ1) is 18.2. The lowest BCUT2D eigenvalue weighted by Gasteiger charge is -2.42. The number of fused-ring (bicyclic) bond motifs is 2. The maximum Gasteiger partial charge on any atom is 0.312 e. The van der Waals surface area contributed by atoms with Crippen molar-refractivity contribution >= 4 is 5.97 Å². The summed E-state index contributed by atoms with van der Waals surface area (Å²) in [6.45, 7) is 0. The second kappa shape index (κ2) is 7.83. The van der Waals surface area contributed by atoms with Gasteiger partial charge in [-0.2, -0.15) is 0 Å². The Bertz CT molecular complexity index is 724. The Morgan fingerprint density at radius 2 is 1.59 bits per heavy atom. The highest BCUT2D eigenvalue weighted by Gasteiger charge is 2.50. The van der Waals surface area contributed by atoms with Crippen LogP contribution in [-0.4, -0.2) is 43.2 Å². The van der Waals surface area contributed by atoms with Crippen molar-refractivity contribution in [3.05, 3.63) is 71.8 Å². The van der Waals surface area contributed by atoms with E-state index in [1.54, 1.807) is 0 Å². The van der Waals surface area contributed by atoms with Crippen LogP contribution in [0.1, 0.15) is 36.5 Å². The van der Waals surface area contributed by atoms with Crippen molar-refractivity contribution in [2.75, 3.05) is 14.2 Å². The minimum Gasteiger partial charge on any atom is -0.469 e. The Hall–Kier alpha value is -2.17. The summed E-state index contributed by atoms with van der Waals surface area (Å²) >= 11 is 0. The Morgan fingerprint density at radius 3 is 2.15 bits per heavy atom. The first-order valence-electron chi connectivity index (χ1n) is 9.74. The fraction of sp³-hybridized carbons (Fsp3) is 0.435. The van der Waals surface area contributed by atoms with Crippen molar-refractivity contribution in [1.82, 2.24) is 4.90 Å². The molecule has 4 rings (SSSR count). The number of hydrogen-bond donors (Lipinski definition) is 0. The number of carbonyl (C=O) groups is 1. The number of ether oxygens (including phenoxy) is 2. The Kier molecular flexibility index (Phi) is 5.28. The molecule has 2 bridgehead atoms. The average molecular weight is 365 g/mol. The van der Waals surface area contributed by atoms with Crippen LogP contribution in [0.4, 0.5) is 0 Å². The van der Waals surface area contributed by atoms with E-state index < -0.39 is 0 Å². The van der Waals surface area contributed by atoms with Crippen LogP contribution in [0.15, 0.2) is 60.7 Å². The van der Waals surface area contributed by atoms with Gasteiger partial charge in [0.25, 0.3) is 0 Å². The largest absolute Gasteiger partial charge is 0.469 e. The molecule has 2 aliphatic heterocycles. The van der Waals surface area contributed by atoms with Gasteiger partial charge in [-0.15, -0.1) is 0 Å². The normalized spacial score (nSPS) is 27.7. The molecule has 0 aromatic heterocycles. The summed E-state index contributed by atoms with van der Waals surface area (Å²) in [7, 11) is 3.60. The lowest BCUT2D eigenvalue weighted by molar-refractivity contribution is -0.162. The summed E-state index contributed by atoms with van der Waals surface area (Å²) in [6, 6.07) is 21.2. The zero-order valence-electron chi connectivity index (χ0n) is 16.0. The molecule has 2 fully saturated rings. The van der Waals surface area contributed by atoms with Crippen LogP contribution in [0.3, 0.4) is 0 Å². The van der Waals surface area contributed by atoms with Crippen molar-refractivity contribution < 1.29 is 14.3 Å². The molecule has 2 heterocycles. The van der Waals surface area contributed by atoms with E-state index in [2.05, 4.69) is 36.2 Å². The van der Waals surface area contributed by atoms with Crippen molar-refractivity contribution in [2.24, 2.45) is 5.92 Å². The van der Waals surface area contributed by atoms with Crippen LogP contribution in [0, 0.1) is 5.92 Å². The highest BCUT2D eigenvalue weighted by Crippen LogP contribution is 2.42. The van der Waals surface area contributed by atoms with Crippen LogP contribution in [0.5, 0.6) is 0 Å². The van der Waals surface area contributed by atoms with E-state index >= 15 is 0 Å². The van der Waals surface area contributed by atoms with Crippen LogP contribution in [-0.2, 0) is 14.3 Å². The van der Waals surface area contributed by atoms with E-state index in [4.69, 9.17) is 9.47 Å². The smallest absolute Gasteiger partial charge is 0.312 e. The Balaban J connectivity index is 1.66. The maximum absolute atomic E-state index is 12.6. The molecule has 0 aliphatic carbocycles. The summed E-state index contributed by atoms with van der Waals surface area (Å²) < 4.78 is 11.9. The third-order valence-corrected chi connectivity index (χ3v) is 6.20. The molecule has 4 nitrogen and oxygen atoms in total. The molecule has 0 N–H and O–H groups in total. The van der Waals surface area contributed by atoms with Gasteiger partial charge in [0.05, 0.1) is 19.1 Å². The summed E-state index contributed by atoms with van der Waals surface area (Å²) in [4.78, 5) is 15.0. The maximum atomic E-state index is 12.6. The molecule has 4 heteroatoms. The summed E-state index contributed by atoms with van der Waals surface area (Å²) in [6.07, 6.45) is 2.69. The SMILES string of the molecule is COC(=O)[C@H]1[C@@H](OC(c2ccccc2)c2ccccc2)C[C@H]2CC[C@@H]1N2C. The monoisotopic (exact) mass is 365 g/mol. The van der Waals surface area contributed by atoms with Gasteiger partial charge in [0.15, 0.2) is 0 Å². The van der Waals surface area contributed by atoms with Gasteiger partial charge in [-0.05, 0) is 37.4 Å². The molecule has 142 valence electrons. The molecule has 2 aromatic carbocycles. The van der Waals surface area contributed by atoms with Crippen LogP contribution in [0.2, 0.25) is 0 Å². The van der Waals surface area contributed by atoms with Gasteiger partial charge >= 0.3 is 5.97 Å². The molecule has 0 spiro atoms. The van der Waals surface area contributed by atoms with Gasteiger partial charge in [0, 0.05) is 12.1 Å². The van der Waals surface area contributed by atoms with Crippen molar-refractivity contribution in [2.45, 2.75) is 43.6 Å². The number of methoxy groups -OCH3 is 1. The molecule has 2 aromatic rings. The third kappa shape index (κ3) is 3.52. The highest BCUT2D eigenvalue weighted by atomic mass is 16.5. The minimum absolute atomic E-state index is 0.142. The first-order valence-corrected chi connectivity index (χ1v) is 9.74. The minimum atomic E-state index is -0.242. The van der Waals surface area contributed by atoms with Gasteiger partial charge < -0.3 is 9.47 Å². The fourth-order valence-corrected chi connectivity index (χ4v) is 4.79. The second-order valence-corrected chi connectivity index (χ2v) is 7.62. The predicted molar refractivity (Wildman–Crippen MR) is 104 cm³/mol. The number of nitrogens with zero attached hydrogens (tertiary/aromatic N) is 1. The molecule has 0 amide bonds. The number of benzene rings is 2. The fourth-order valence-electron chi connectivity index (χ4n) is 4.79. The number of piperidine rings is 1. The topological polar surface area (TPSA) is 38.8 Å². The van der Waals surface area contributed by atoms with Crippen LogP contribution >= 0.6 is 0 Å². The number of carbonyl (C=O) groups excluding carboxylic acids is 1. The molecule has 0 unspecified atom stereocenters. The van der Waals surface area contributed by atoms with E-state index in [0.717, 1.165) is 30.4 Å². The average Bonchev–Trinajstić information content (AvgIpc) is 2.96. The van der Waals surface area contributed by atoms with Gasteiger partial charge in [-0.1, -0.05) is 60.7 Å². The van der Waals surface area contributed by atoms with E-state index in [1.165, 1.54) is 7.11 Å². The lowest BCUT2D eigenvalue weighted by Crippen LogP contribution is -2.53. The summed E-state index contributed by atoms with van der Waals surface area (Å²) in [5, 5.41) is 0. The molecular weight excluding hydrogens is 338 g/mol. The molecule has 27 heavy (non-hydrogen) atoms. The third-order valence-electron chi connectivity index (χ3n) is 6.20. The zero-order chi connectivity index (χ0) is 18.8. The lowest BCUT2D eigenvalue weighted by atomic mass is 9.87. The summed E-state index contributed by atoms with van der Waals surface area (Å²) in [5.74, 6) is -0.397. The molecule has 0 radical (unpaired) electrons. The molecule has 2 saturated heterocycles. The Labute approximate surface area is 161 Å². The number of hydrogen-bond acceptors (Lipinski definition) is 4. The summed E-state index contributed by atoms with van der Waals surface area (Å²) in [5.41, 5.74) is 2.22. The first-order chi connectivity index (χ1) is 13.2. The predicted octanol–water partition coefficient (Wildman–Crippen LogP) is 3.82. The van der Waals surface area contributed by atoms with Gasteiger partial charge in [0.1, 0.15) is 6.10 Å². The molecule has 4 atom stereocenters. The highest BCUT2D eigenvalue weighted by molar-refractivity contribution is 5.74. The molecule has 2 aliphatic rings. The molecular formula is C23H27NO3. The standard InChI is InChI=1S/C23H27NO3/c1-24-18-13-14-19(24)21(23(25)26-2)20(15-18)27-22(16-9-5-3-6-10-16)17-11-7-4-8-12-17/h3-12,18-22H,13-15H2,1-2H3/t18-,19+,20+,21-/m1/s1. The van der Waals surface area contributed by atoms with Gasteiger partial charge in [-0.3, -0.25) is 9.69 Å². The van der Waals surface area contributed by atoms with Gasteiger partial charge in [0.2, 0.25) is 0 Å². The Morgan fingerprint density at radius 1 is 1.00 bits per heavy atom. The van der Waals surface area contributed by atoms with E-state index in [9.17, 15) is 4.79 Å². The second-order valence-electron chi connectivity index (χ2n) is 7.62. The van der Waals surface area contributed by atoms with Crippen molar-refractivity contribution in [1.29, 1.82) is 0 Å². The van der Waals surface area contributed by atoms with Crippen molar-refractivity contribution in [3.8, 4) is 0 Å². The van der Waals surface area contributed by atoms with E-state index in [0.29, 0.717) is 6.04 Å². The van der Waals surface area contributed by atoms with E-state index in [-0.39, 0.29) is 30.1 Å². The quantitative estimate of drug-likeness (QED) is 0.755. The van der Waals surface area contributed by atoms with Crippen molar-refractivity contribution in [3.63, 3.8) is 0 Å². The zero-order valence-corrected chi connectivity index (χ0v) is 16.0. The molecule has 0 saturated carbocycles. The van der Waals surface area contributed by atoms with Crippen LogP contribution in [0.25, 0.3) is 0 Å².